The number of anilines is 1. The Morgan fingerprint density at radius 1 is 1.15 bits per heavy atom. The summed E-state index contributed by atoms with van der Waals surface area (Å²) in [5, 5.41) is 2.68. The lowest BCUT2D eigenvalue weighted by Crippen LogP contribution is -2.47. The van der Waals surface area contributed by atoms with Gasteiger partial charge >= 0.3 is 0 Å². The highest BCUT2D eigenvalue weighted by molar-refractivity contribution is 8.01. The van der Waals surface area contributed by atoms with Gasteiger partial charge in [-0.3, -0.25) is 9.59 Å². The summed E-state index contributed by atoms with van der Waals surface area (Å²) in [5.41, 5.74) is 3.75. The Balaban J connectivity index is 1.49. The average molecular weight is 497 g/mol. The van der Waals surface area contributed by atoms with Crippen LogP contribution in [-0.2, 0) is 22.6 Å². The van der Waals surface area contributed by atoms with Gasteiger partial charge in [0.2, 0.25) is 11.8 Å². The minimum Gasteiger partial charge on any atom is -0.355 e. The normalized spacial score (nSPS) is 16.2. The van der Waals surface area contributed by atoms with Gasteiger partial charge < -0.3 is 10.2 Å². The first-order valence-corrected chi connectivity index (χ1v) is 12.4. The largest absolute Gasteiger partial charge is 0.355 e. The second kappa shape index (κ2) is 10.6. The first-order valence-electron chi connectivity index (χ1n) is 11.2. The number of hydrogen-bond acceptors (Lipinski definition) is 3. The highest BCUT2D eigenvalue weighted by Crippen LogP contribution is 2.42. The number of nitrogens with zero attached hydrogens (tertiary/aromatic N) is 1. The minimum atomic E-state index is -0.576. The van der Waals surface area contributed by atoms with Crippen LogP contribution in [0.2, 0.25) is 5.02 Å². The van der Waals surface area contributed by atoms with E-state index >= 15 is 0 Å². The standard InChI is InChI=1S/C27H26ClFN2O2S/c1-17-6-5-7-19(14-17)12-13-30-26(32)18(2)25-27(33)31(23-8-3-4-9-24(23)34-25)16-20-10-11-21(29)15-22(20)28/h3-11,14-15,18,25H,12-13,16H2,1-2H3,(H,30,32)/t18-,25-/m0/s1. The molecule has 4 rings (SSSR count). The molecule has 0 saturated heterocycles. The fourth-order valence-electron chi connectivity index (χ4n) is 4.03. The molecule has 2 atom stereocenters. The van der Waals surface area contributed by atoms with Gasteiger partial charge in [0, 0.05) is 16.5 Å². The number of carbonyl (C=O) groups excluding carboxylic acids is 2. The Hall–Kier alpha value is -2.83. The van der Waals surface area contributed by atoms with Crippen LogP contribution in [-0.4, -0.2) is 23.6 Å². The predicted molar refractivity (Wildman–Crippen MR) is 136 cm³/mol. The molecule has 1 heterocycles. The zero-order chi connectivity index (χ0) is 24.2. The van der Waals surface area contributed by atoms with Crippen LogP contribution in [0.4, 0.5) is 10.1 Å². The van der Waals surface area contributed by atoms with Crippen LogP contribution in [0.1, 0.15) is 23.6 Å². The Kier molecular flexibility index (Phi) is 7.59. The van der Waals surface area contributed by atoms with Crippen molar-refractivity contribution in [1.82, 2.24) is 5.32 Å². The van der Waals surface area contributed by atoms with E-state index in [2.05, 4.69) is 11.4 Å². The second-order valence-electron chi connectivity index (χ2n) is 8.49. The maximum Gasteiger partial charge on any atom is 0.241 e. The average Bonchev–Trinajstić information content (AvgIpc) is 2.81. The van der Waals surface area contributed by atoms with Crippen LogP contribution < -0.4 is 10.2 Å². The van der Waals surface area contributed by atoms with E-state index in [1.54, 1.807) is 17.9 Å². The summed E-state index contributed by atoms with van der Waals surface area (Å²) in [4.78, 5) is 29.1. The third kappa shape index (κ3) is 5.45. The lowest BCUT2D eigenvalue weighted by molar-refractivity contribution is -0.128. The molecule has 0 radical (unpaired) electrons. The van der Waals surface area contributed by atoms with Gasteiger partial charge in [-0.25, -0.2) is 4.39 Å². The fraction of sp³-hybridized carbons (Fsp3) is 0.259. The number of para-hydroxylation sites is 1. The van der Waals surface area contributed by atoms with Crippen LogP contribution in [0.15, 0.2) is 71.6 Å². The summed E-state index contributed by atoms with van der Waals surface area (Å²) in [6.07, 6.45) is 0.726. The lowest BCUT2D eigenvalue weighted by Gasteiger charge is -2.36. The quantitative estimate of drug-likeness (QED) is 0.450. The number of aryl methyl sites for hydroxylation is 1. The number of rotatable bonds is 7. The zero-order valence-electron chi connectivity index (χ0n) is 19.1. The first-order chi connectivity index (χ1) is 16.3. The van der Waals surface area contributed by atoms with Gasteiger partial charge in [-0.2, -0.15) is 0 Å². The molecule has 0 bridgehead atoms. The smallest absolute Gasteiger partial charge is 0.241 e. The molecule has 0 aromatic heterocycles. The van der Waals surface area contributed by atoms with Crippen molar-refractivity contribution in [1.29, 1.82) is 0 Å². The molecule has 2 amide bonds. The molecule has 4 nitrogen and oxygen atoms in total. The molecular weight excluding hydrogens is 471 g/mol. The van der Waals surface area contributed by atoms with Gasteiger partial charge in [0.05, 0.1) is 18.2 Å². The van der Waals surface area contributed by atoms with E-state index in [-0.39, 0.29) is 23.4 Å². The third-order valence-corrected chi connectivity index (χ3v) is 7.74. The van der Waals surface area contributed by atoms with Gasteiger partial charge in [-0.15, -0.1) is 11.8 Å². The van der Waals surface area contributed by atoms with Gasteiger partial charge in [-0.05, 0) is 48.7 Å². The van der Waals surface area contributed by atoms with Crippen molar-refractivity contribution in [2.24, 2.45) is 5.92 Å². The SMILES string of the molecule is Cc1cccc(CCNC(=O)[C@@H](C)[C@@H]2Sc3ccccc3N(Cc3ccc(F)cc3Cl)C2=O)c1. The molecule has 1 aliphatic heterocycles. The number of thioether (sulfide) groups is 1. The summed E-state index contributed by atoms with van der Waals surface area (Å²) < 4.78 is 13.5. The lowest BCUT2D eigenvalue weighted by atomic mass is 10.0. The minimum absolute atomic E-state index is 0.155. The van der Waals surface area contributed by atoms with Crippen molar-refractivity contribution in [3.63, 3.8) is 0 Å². The zero-order valence-corrected chi connectivity index (χ0v) is 20.6. The van der Waals surface area contributed by atoms with Crippen LogP contribution in [0.25, 0.3) is 0 Å². The molecule has 0 fully saturated rings. The third-order valence-electron chi connectivity index (χ3n) is 5.93. The molecule has 0 spiro atoms. The number of fused-ring (bicyclic) bond motifs is 1. The highest BCUT2D eigenvalue weighted by atomic mass is 35.5. The van der Waals surface area contributed by atoms with E-state index < -0.39 is 17.0 Å². The summed E-state index contributed by atoms with van der Waals surface area (Å²) in [6, 6.07) is 20.0. The van der Waals surface area contributed by atoms with E-state index in [0.717, 1.165) is 22.6 Å². The Morgan fingerprint density at radius 3 is 2.71 bits per heavy atom. The van der Waals surface area contributed by atoms with Crippen molar-refractivity contribution < 1.29 is 14.0 Å². The summed E-state index contributed by atoms with van der Waals surface area (Å²) in [6.45, 7) is 4.53. The number of hydrogen-bond donors (Lipinski definition) is 1. The molecule has 1 aliphatic rings. The molecule has 3 aromatic carbocycles. The summed E-state index contributed by atoms with van der Waals surface area (Å²) in [7, 11) is 0. The van der Waals surface area contributed by atoms with Crippen LogP contribution in [0.3, 0.4) is 0 Å². The molecule has 3 aromatic rings. The maximum absolute atomic E-state index is 13.6. The molecule has 0 aliphatic carbocycles. The molecule has 7 heteroatoms. The molecule has 0 saturated carbocycles. The van der Waals surface area contributed by atoms with Crippen molar-refractivity contribution in [3.05, 3.63) is 94.3 Å². The van der Waals surface area contributed by atoms with Crippen molar-refractivity contribution >= 4 is 40.9 Å². The molecule has 34 heavy (non-hydrogen) atoms. The van der Waals surface area contributed by atoms with Gasteiger partial charge in [0.25, 0.3) is 0 Å². The van der Waals surface area contributed by atoms with Crippen LogP contribution >= 0.6 is 23.4 Å². The molecular formula is C27H26ClFN2O2S. The van der Waals surface area contributed by atoms with Gasteiger partial charge in [-0.1, -0.05) is 66.6 Å². The molecule has 176 valence electrons. The van der Waals surface area contributed by atoms with Crippen molar-refractivity contribution in [2.75, 3.05) is 11.4 Å². The topological polar surface area (TPSA) is 49.4 Å². The fourth-order valence-corrected chi connectivity index (χ4v) is 5.55. The van der Waals surface area contributed by atoms with Crippen LogP contribution in [0, 0.1) is 18.7 Å². The number of amides is 2. The number of nitrogens with one attached hydrogen (secondary N) is 1. The van der Waals surface area contributed by atoms with Crippen molar-refractivity contribution in [2.45, 2.75) is 37.0 Å². The molecule has 0 unspecified atom stereocenters. The van der Waals surface area contributed by atoms with Crippen LogP contribution in [0.5, 0.6) is 0 Å². The number of carbonyl (C=O) groups is 2. The van der Waals surface area contributed by atoms with Gasteiger partial charge in [0.1, 0.15) is 11.1 Å². The summed E-state index contributed by atoms with van der Waals surface area (Å²) >= 11 is 7.65. The van der Waals surface area contributed by atoms with E-state index in [0.29, 0.717) is 12.1 Å². The van der Waals surface area contributed by atoms with E-state index in [4.69, 9.17) is 11.6 Å². The number of halogens is 2. The van der Waals surface area contributed by atoms with Crippen molar-refractivity contribution in [3.8, 4) is 0 Å². The maximum atomic E-state index is 13.6. The number of benzene rings is 3. The highest BCUT2D eigenvalue weighted by Gasteiger charge is 2.39. The van der Waals surface area contributed by atoms with E-state index in [1.165, 1.54) is 29.5 Å². The summed E-state index contributed by atoms with van der Waals surface area (Å²) in [5.74, 6) is -1.28. The molecule has 1 N–H and O–H groups in total. The second-order valence-corrected chi connectivity index (χ2v) is 10.1. The Bertz CT molecular complexity index is 1220. The Morgan fingerprint density at radius 2 is 1.94 bits per heavy atom. The Labute approximate surface area is 208 Å². The van der Waals surface area contributed by atoms with E-state index in [1.807, 2.05) is 49.4 Å². The van der Waals surface area contributed by atoms with Gasteiger partial charge in [0.15, 0.2) is 0 Å². The monoisotopic (exact) mass is 496 g/mol. The van der Waals surface area contributed by atoms with E-state index in [9.17, 15) is 14.0 Å². The predicted octanol–water partition coefficient (Wildman–Crippen LogP) is 5.79. The first kappa shape index (κ1) is 24.3.